The fraction of sp³-hybridized carbons (Fsp3) is 0.259. The molecule has 0 saturated heterocycles. The van der Waals surface area contributed by atoms with Crippen molar-refractivity contribution in [2.45, 2.75) is 51.9 Å². The van der Waals surface area contributed by atoms with E-state index < -0.39 is 21.6 Å². The second-order valence-electron chi connectivity index (χ2n) is 8.71. The molecule has 0 aliphatic heterocycles. The SMILES string of the molecule is CCCCc1ccc(C(=O)n2c(=O)n(S(=O)(=O)c3c(C)cc(C)cc3C)c3ccccc32)cc1. The van der Waals surface area contributed by atoms with E-state index in [4.69, 9.17) is 0 Å². The van der Waals surface area contributed by atoms with Gasteiger partial charge in [0.25, 0.3) is 15.9 Å². The Kier molecular flexibility index (Phi) is 6.32. The third-order valence-corrected chi connectivity index (χ3v) is 8.03. The molecule has 34 heavy (non-hydrogen) atoms. The van der Waals surface area contributed by atoms with E-state index >= 15 is 0 Å². The first-order chi connectivity index (χ1) is 16.2. The van der Waals surface area contributed by atoms with E-state index in [1.165, 1.54) is 0 Å². The van der Waals surface area contributed by atoms with Gasteiger partial charge in [-0.05, 0) is 74.6 Å². The number of hydrogen-bond acceptors (Lipinski definition) is 4. The van der Waals surface area contributed by atoms with Crippen LogP contribution < -0.4 is 5.69 Å². The lowest BCUT2D eigenvalue weighted by atomic mass is 10.1. The van der Waals surface area contributed by atoms with Gasteiger partial charge >= 0.3 is 5.69 Å². The molecule has 1 heterocycles. The predicted octanol–water partition coefficient (Wildman–Crippen LogP) is 5.00. The largest absolute Gasteiger partial charge is 0.350 e. The number of imidazole rings is 1. The van der Waals surface area contributed by atoms with Crippen LogP contribution in [-0.4, -0.2) is 22.9 Å². The summed E-state index contributed by atoms with van der Waals surface area (Å²) >= 11 is 0. The van der Waals surface area contributed by atoms with Gasteiger partial charge in [-0.1, -0.05) is 55.3 Å². The minimum Gasteiger partial charge on any atom is -0.268 e. The number of para-hydroxylation sites is 2. The van der Waals surface area contributed by atoms with Crippen LogP contribution in [0.15, 0.2) is 70.4 Å². The minimum atomic E-state index is -4.26. The van der Waals surface area contributed by atoms with Crippen LogP contribution in [0.5, 0.6) is 0 Å². The molecule has 4 aromatic rings. The van der Waals surface area contributed by atoms with Gasteiger partial charge in [0.05, 0.1) is 15.9 Å². The van der Waals surface area contributed by atoms with Gasteiger partial charge in [0.15, 0.2) is 0 Å². The van der Waals surface area contributed by atoms with Crippen molar-refractivity contribution in [2.75, 3.05) is 0 Å². The summed E-state index contributed by atoms with van der Waals surface area (Å²) in [6.45, 7) is 7.43. The first-order valence-electron chi connectivity index (χ1n) is 11.4. The van der Waals surface area contributed by atoms with Gasteiger partial charge in [-0.2, -0.15) is 3.97 Å². The summed E-state index contributed by atoms with van der Waals surface area (Å²) in [4.78, 5) is 27.0. The third-order valence-electron chi connectivity index (χ3n) is 6.03. The standard InChI is InChI=1S/C27H28N2O4S/c1-5-6-9-21-12-14-22(15-13-21)26(30)28-23-10-7-8-11-24(23)29(27(28)31)34(32,33)25-19(3)16-18(2)17-20(25)4/h7-8,10-17H,5-6,9H2,1-4H3. The molecule has 3 aromatic carbocycles. The molecule has 0 atom stereocenters. The molecule has 0 fully saturated rings. The van der Waals surface area contributed by atoms with Crippen molar-refractivity contribution in [1.29, 1.82) is 0 Å². The van der Waals surface area contributed by atoms with E-state index in [9.17, 15) is 18.0 Å². The lowest BCUT2D eigenvalue weighted by molar-refractivity contribution is 0.0961. The summed E-state index contributed by atoms with van der Waals surface area (Å²) in [5.74, 6) is -0.561. The zero-order valence-electron chi connectivity index (χ0n) is 19.8. The monoisotopic (exact) mass is 476 g/mol. The van der Waals surface area contributed by atoms with Gasteiger partial charge < -0.3 is 0 Å². The fourth-order valence-corrected chi connectivity index (χ4v) is 6.35. The molecule has 0 aliphatic rings. The summed E-state index contributed by atoms with van der Waals surface area (Å²) in [5, 5.41) is 0. The van der Waals surface area contributed by atoms with Gasteiger partial charge in [0.2, 0.25) is 0 Å². The number of carbonyl (C=O) groups is 1. The van der Waals surface area contributed by atoms with Gasteiger partial charge in [-0.25, -0.2) is 17.8 Å². The molecule has 0 spiro atoms. The summed E-state index contributed by atoms with van der Waals surface area (Å²) in [6.07, 6.45) is 3.04. The van der Waals surface area contributed by atoms with Gasteiger partial charge in [-0.15, -0.1) is 0 Å². The molecular formula is C27H28N2O4S. The van der Waals surface area contributed by atoms with Crippen LogP contribution in [0.1, 0.15) is 52.4 Å². The zero-order valence-corrected chi connectivity index (χ0v) is 20.6. The highest BCUT2D eigenvalue weighted by Gasteiger charge is 2.30. The highest BCUT2D eigenvalue weighted by molar-refractivity contribution is 7.90. The Bertz CT molecular complexity index is 1540. The van der Waals surface area contributed by atoms with Crippen LogP contribution in [0.4, 0.5) is 0 Å². The van der Waals surface area contributed by atoms with Crippen molar-refractivity contribution < 1.29 is 13.2 Å². The lowest BCUT2D eigenvalue weighted by Gasteiger charge is -2.12. The maximum atomic E-state index is 13.8. The molecule has 0 N–H and O–H groups in total. The van der Waals surface area contributed by atoms with E-state index in [0.717, 1.165) is 38.9 Å². The molecule has 7 heteroatoms. The molecule has 0 amide bonds. The topological polar surface area (TPSA) is 78.1 Å². The van der Waals surface area contributed by atoms with Crippen LogP contribution in [0.25, 0.3) is 11.0 Å². The summed E-state index contributed by atoms with van der Waals surface area (Å²) in [7, 11) is -4.26. The van der Waals surface area contributed by atoms with Gasteiger partial charge in [0, 0.05) is 5.56 Å². The predicted molar refractivity (Wildman–Crippen MR) is 134 cm³/mol. The van der Waals surface area contributed by atoms with E-state index in [0.29, 0.717) is 16.7 Å². The van der Waals surface area contributed by atoms with E-state index in [-0.39, 0.29) is 15.9 Å². The molecular weight excluding hydrogens is 448 g/mol. The maximum Gasteiger partial charge on any atom is 0.350 e. The quantitative estimate of drug-likeness (QED) is 0.392. The number of rotatable bonds is 6. The molecule has 1 aromatic heterocycles. The average molecular weight is 477 g/mol. The number of benzene rings is 3. The molecule has 0 saturated carbocycles. The second-order valence-corrected chi connectivity index (χ2v) is 10.4. The van der Waals surface area contributed by atoms with Crippen molar-refractivity contribution in [3.05, 3.63) is 99.0 Å². The molecule has 0 bridgehead atoms. The van der Waals surface area contributed by atoms with Crippen molar-refractivity contribution in [1.82, 2.24) is 8.54 Å². The summed E-state index contributed by atoms with van der Waals surface area (Å²) < 4.78 is 29.3. The maximum absolute atomic E-state index is 13.8. The van der Waals surface area contributed by atoms with E-state index in [1.54, 1.807) is 62.4 Å². The minimum absolute atomic E-state index is 0.0795. The Balaban J connectivity index is 1.91. The van der Waals surface area contributed by atoms with Crippen molar-refractivity contribution in [3.8, 4) is 0 Å². The number of aryl methyl sites for hydroxylation is 4. The second kappa shape index (κ2) is 9.06. The molecule has 4 rings (SSSR count). The number of aromatic nitrogens is 2. The van der Waals surface area contributed by atoms with Crippen molar-refractivity contribution in [2.24, 2.45) is 0 Å². The smallest absolute Gasteiger partial charge is 0.268 e. The van der Waals surface area contributed by atoms with Gasteiger partial charge in [-0.3, -0.25) is 4.79 Å². The normalized spacial score (nSPS) is 11.8. The van der Waals surface area contributed by atoms with Crippen LogP contribution in [0, 0.1) is 20.8 Å². The first kappa shape index (κ1) is 23.7. The van der Waals surface area contributed by atoms with Crippen molar-refractivity contribution >= 4 is 27.0 Å². The Morgan fingerprint density at radius 1 is 0.882 bits per heavy atom. The Labute approximate surface area is 199 Å². The van der Waals surface area contributed by atoms with Crippen molar-refractivity contribution in [3.63, 3.8) is 0 Å². The summed E-state index contributed by atoms with van der Waals surface area (Å²) in [5.41, 5.74) is 2.98. The Morgan fingerprint density at radius 3 is 2.06 bits per heavy atom. The summed E-state index contributed by atoms with van der Waals surface area (Å²) in [6, 6.07) is 17.1. The Morgan fingerprint density at radius 2 is 1.47 bits per heavy atom. The molecule has 0 unspecified atom stereocenters. The molecule has 176 valence electrons. The van der Waals surface area contributed by atoms with Gasteiger partial charge in [0.1, 0.15) is 0 Å². The van der Waals surface area contributed by atoms with Crippen LogP contribution in [0.2, 0.25) is 0 Å². The average Bonchev–Trinajstić information content (AvgIpc) is 3.09. The van der Waals surface area contributed by atoms with Crippen LogP contribution in [0.3, 0.4) is 0 Å². The number of carbonyl (C=O) groups excluding carboxylic acids is 1. The first-order valence-corrected chi connectivity index (χ1v) is 12.8. The number of nitrogens with zero attached hydrogens (tertiary/aromatic N) is 2. The highest BCUT2D eigenvalue weighted by atomic mass is 32.2. The number of fused-ring (bicyclic) bond motifs is 1. The molecule has 0 radical (unpaired) electrons. The molecule has 6 nitrogen and oxygen atoms in total. The van der Waals surface area contributed by atoms with E-state index in [2.05, 4.69) is 6.92 Å². The fourth-order valence-electron chi connectivity index (χ4n) is 4.54. The Hall–Kier alpha value is -3.45. The molecule has 0 aliphatic carbocycles. The third kappa shape index (κ3) is 4.01. The zero-order chi connectivity index (χ0) is 24.6. The van der Waals surface area contributed by atoms with Crippen LogP contribution in [-0.2, 0) is 16.4 Å². The number of hydrogen-bond donors (Lipinski definition) is 0. The van der Waals surface area contributed by atoms with Crippen LogP contribution >= 0.6 is 0 Å². The lowest BCUT2D eigenvalue weighted by Crippen LogP contribution is -2.33. The number of unbranched alkanes of at least 4 members (excludes halogenated alkanes) is 1. The highest BCUT2D eigenvalue weighted by Crippen LogP contribution is 2.26. The van der Waals surface area contributed by atoms with E-state index in [1.807, 2.05) is 19.1 Å².